The van der Waals surface area contributed by atoms with E-state index in [4.69, 9.17) is 21.4 Å². The molecule has 0 aliphatic heterocycles. The molecule has 0 aromatic heterocycles. The van der Waals surface area contributed by atoms with Crippen molar-refractivity contribution in [2.45, 2.75) is 9.79 Å². The Kier molecular flexibility index (Phi) is 3.78. The smallest absolute Gasteiger partial charge is 0.0387 e. The van der Waals surface area contributed by atoms with Crippen molar-refractivity contribution in [1.29, 1.82) is 0 Å². The molecule has 0 fully saturated rings. The molecular weight excluding hydrogens is 207 g/mol. The van der Waals surface area contributed by atoms with Crippen molar-refractivity contribution in [3.05, 3.63) is 24.3 Å². The van der Waals surface area contributed by atoms with Gasteiger partial charge in [0, 0.05) is 9.79 Å². The summed E-state index contributed by atoms with van der Waals surface area (Å²) in [6.45, 7) is 0. The third-order valence-corrected chi connectivity index (χ3v) is 3.11. The average molecular weight is 210 g/mol. The molecule has 0 amide bonds. The largest absolute Gasteiger partial charge is 0.0531 e. The summed E-state index contributed by atoms with van der Waals surface area (Å²) < 4.78 is 0. The minimum atomic E-state index is 0.948. The first-order chi connectivity index (χ1) is 4.88. The Bertz CT molecular complexity index is 192. The third kappa shape index (κ3) is 1.99. The quantitative estimate of drug-likeness (QED) is 0.724. The molecule has 53 valence electrons. The van der Waals surface area contributed by atoms with Crippen molar-refractivity contribution >= 4 is 43.3 Å². The lowest BCUT2D eigenvalue weighted by molar-refractivity contribution is 1.26. The second kappa shape index (κ2) is 4.39. The zero-order valence-corrected chi connectivity index (χ0v) is 7.95. The molecule has 1 aromatic rings. The van der Waals surface area contributed by atoms with Gasteiger partial charge in [-0.2, -0.15) is 0 Å². The molecule has 1 radical (unpaired) electrons. The molecular formula is C6H3Cl2S2. The molecule has 0 N–H and O–H groups in total. The Morgan fingerprint density at radius 1 is 1.20 bits per heavy atom. The first-order valence-electron chi connectivity index (χ1n) is 2.45. The molecule has 1 aromatic carbocycles. The van der Waals surface area contributed by atoms with Crippen LogP contribution in [0.15, 0.2) is 28.0 Å². The summed E-state index contributed by atoms with van der Waals surface area (Å²) in [6.07, 6.45) is 0. The van der Waals surface area contributed by atoms with Crippen molar-refractivity contribution in [2.75, 3.05) is 0 Å². The van der Waals surface area contributed by atoms with E-state index in [-0.39, 0.29) is 0 Å². The second-order valence-electron chi connectivity index (χ2n) is 1.53. The third-order valence-electron chi connectivity index (χ3n) is 0.954. The van der Waals surface area contributed by atoms with Gasteiger partial charge in [-0.05, 0) is 61.5 Å². The van der Waals surface area contributed by atoms with Gasteiger partial charge in [-0.25, -0.2) is 0 Å². The maximum Gasteiger partial charge on any atom is 0.0387 e. The highest BCUT2D eigenvalue weighted by Gasteiger charge is 1.98. The lowest BCUT2D eigenvalue weighted by atomic mass is 10.4. The zero-order valence-electron chi connectivity index (χ0n) is 4.80. The van der Waals surface area contributed by atoms with Gasteiger partial charge in [-0.1, -0.05) is 6.07 Å². The topological polar surface area (TPSA) is 0 Å². The van der Waals surface area contributed by atoms with Crippen LogP contribution < -0.4 is 0 Å². The summed E-state index contributed by atoms with van der Waals surface area (Å²) in [5, 5.41) is 0. The normalized spacial score (nSPS) is 9.80. The average Bonchev–Trinajstić information content (AvgIpc) is 2.04. The standard InChI is InChI=1S/C6H3Cl2S2/c7-9-5-3-1-2-4-6(5)10-8/h1,3-4H. The van der Waals surface area contributed by atoms with Crippen LogP contribution in [0.3, 0.4) is 0 Å². The molecule has 0 unspecified atom stereocenters. The van der Waals surface area contributed by atoms with Gasteiger partial charge >= 0.3 is 0 Å². The molecule has 0 atom stereocenters. The van der Waals surface area contributed by atoms with Gasteiger partial charge in [-0.15, -0.1) is 0 Å². The first-order valence-corrected chi connectivity index (χ1v) is 5.74. The maximum atomic E-state index is 5.54. The highest BCUT2D eigenvalue weighted by molar-refractivity contribution is 8.23. The predicted octanol–water partition coefficient (Wildman–Crippen LogP) is 3.98. The fourth-order valence-corrected chi connectivity index (χ4v) is 2.35. The Balaban J connectivity index is 2.96. The minimum absolute atomic E-state index is 0.948. The molecule has 0 saturated carbocycles. The van der Waals surface area contributed by atoms with Gasteiger partial charge in [0.15, 0.2) is 0 Å². The van der Waals surface area contributed by atoms with Crippen LogP contribution in [0.2, 0.25) is 0 Å². The molecule has 4 heteroatoms. The summed E-state index contributed by atoms with van der Waals surface area (Å²) in [5.74, 6) is 0. The van der Waals surface area contributed by atoms with E-state index in [1.807, 2.05) is 12.1 Å². The van der Waals surface area contributed by atoms with E-state index >= 15 is 0 Å². The molecule has 0 aliphatic carbocycles. The van der Waals surface area contributed by atoms with Crippen LogP contribution in [0.25, 0.3) is 0 Å². The van der Waals surface area contributed by atoms with Crippen LogP contribution in [0.1, 0.15) is 0 Å². The van der Waals surface area contributed by atoms with Crippen molar-refractivity contribution in [3.8, 4) is 0 Å². The van der Waals surface area contributed by atoms with Crippen molar-refractivity contribution < 1.29 is 0 Å². The zero-order chi connectivity index (χ0) is 7.40. The van der Waals surface area contributed by atoms with E-state index in [1.54, 1.807) is 6.07 Å². The second-order valence-corrected chi connectivity index (χ2v) is 3.64. The molecule has 10 heavy (non-hydrogen) atoms. The number of halogens is 2. The van der Waals surface area contributed by atoms with E-state index in [2.05, 4.69) is 6.07 Å². The van der Waals surface area contributed by atoms with Gasteiger partial charge < -0.3 is 0 Å². The fourth-order valence-electron chi connectivity index (χ4n) is 0.525. The Morgan fingerprint density at radius 2 is 1.90 bits per heavy atom. The van der Waals surface area contributed by atoms with Crippen LogP contribution in [-0.2, 0) is 0 Å². The fraction of sp³-hybridized carbons (Fsp3) is 0. The van der Waals surface area contributed by atoms with E-state index in [0.29, 0.717) is 0 Å². The highest BCUT2D eigenvalue weighted by Crippen LogP contribution is 2.34. The summed E-state index contributed by atoms with van der Waals surface area (Å²) in [7, 11) is 13.4. The summed E-state index contributed by atoms with van der Waals surface area (Å²) in [6, 6.07) is 8.40. The lowest BCUT2D eigenvalue weighted by Gasteiger charge is -1.97. The van der Waals surface area contributed by atoms with Gasteiger partial charge in [0.2, 0.25) is 0 Å². The summed E-state index contributed by atoms with van der Waals surface area (Å²) in [4.78, 5) is 1.92. The van der Waals surface area contributed by atoms with Crippen molar-refractivity contribution in [1.82, 2.24) is 0 Å². The van der Waals surface area contributed by atoms with Crippen LogP contribution in [-0.4, -0.2) is 0 Å². The van der Waals surface area contributed by atoms with Crippen LogP contribution >= 0.6 is 43.3 Å². The van der Waals surface area contributed by atoms with Gasteiger partial charge in [0.1, 0.15) is 0 Å². The highest BCUT2D eigenvalue weighted by atomic mass is 35.7. The van der Waals surface area contributed by atoms with Crippen molar-refractivity contribution in [3.63, 3.8) is 0 Å². The molecule has 0 saturated heterocycles. The van der Waals surface area contributed by atoms with E-state index in [0.717, 1.165) is 20.8 Å². The van der Waals surface area contributed by atoms with E-state index in [1.165, 1.54) is 11.0 Å². The maximum absolute atomic E-state index is 5.54. The number of hydrogen-bond donors (Lipinski definition) is 0. The molecule has 1 rings (SSSR count). The Hall–Kier alpha value is 0.500. The first kappa shape index (κ1) is 8.60. The monoisotopic (exact) mass is 209 g/mol. The van der Waals surface area contributed by atoms with Crippen LogP contribution in [0.5, 0.6) is 0 Å². The van der Waals surface area contributed by atoms with Crippen LogP contribution in [0, 0.1) is 6.07 Å². The number of rotatable bonds is 2. The number of hydrogen-bond acceptors (Lipinski definition) is 2. The van der Waals surface area contributed by atoms with Crippen molar-refractivity contribution in [2.24, 2.45) is 0 Å². The number of benzene rings is 1. The van der Waals surface area contributed by atoms with E-state index in [9.17, 15) is 0 Å². The molecule has 0 nitrogen and oxygen atoms in total. The van der Waals surface area contributed by atoms with E-state index < -0.39 is 0 Å². The Labute approximate surface area is 77.3 Å². The van der Waals surface area contributed by atoms with Gasteiger partial charge in [0.25, 0.3) is 0 Å². The molecule has 0 heterocycles. The predicted molar refractivity (Wildman–Crippen MR) is 48.7 cm³/mol. The minimum Gasteiger partial charge on any atom is -0.0531 e. The SMILES string of the molecule is ClSc1c[c]ccc1SCl. The summed E-state index contributed by atoms with van der Waals surface area (Å²) in [5.41, 5.74) is 0. The van der Waals surface area contributed by atoms with Crippen LogP contribution in [0.4, 0.5) is 0 Å². The molecule has 0 bridgehead atoms. The summed E-state index contributed by atoms with van der Waals surface area (Å²) >= 11 is 0. The molecule has 0 spiro atoms. The van der Waals surface area contributed by atoms with Gasteiger partial charge in [0.05, 0.1) is 0 Å². The molecule has 0 aliphatic rings. The lowest BCUT2D eigenvalue weighted by Crippen LogP contribution is -1.70. The van der Waals surface area contributed by atoms with Gasteiger partial charge in [-0.3, -0.25) is 0 Å². The Morgan fingerprint density at radius 3 is 2.40 bits per heavy atom.